The Morgan fingerprint density at radius 1 is 0.475 bits per heavy atom. The van der Waals surface area contributed by atoms with Crippen LogP contribution in [0.15, 0.2) is 23.3 Å². The number of ketones is 1. The number of allylic oxidation sites excluding steroid dienone is 2. The topological polar surface area (TPSA) is 98.8 Å². The number of carbonyl (C=O) groups excluding carboxylic acids is 4. The Balaban J connectivity index is 0.610. The smallest absolute Gasteiger partial charge is 0.306 e. The highest BCUT2D eigenvalue weighted by Crippen LogP contribution is 2.69. The molecule has 8 rings (SSSR count). The molecule has 8 aliphatic rings. The van der Waals surface area contributed by atoms with E-state index in [0.717, 1.165) is 148 Å². The lowest BCUT2D eigenvalue weighted by Crippen LogP contribution is -2.51. The average Bonchev–Trinajstić information content (AvgIpc) is 4.16. The zero-order valence-corrected chi connectivity index (χ0v) is 53.4. The first-order valence-corrected chi connectivity index (χ1v) is 34.8. The summed E-state index contributed by atoms with van der Waals surface area (Å²) < 4.78 is 12.1. The molecule has 454 valence electrons. The number of unbranched alkanes of at least 4 members (excludes halogenated alkanes) is 8. The molecule has 6 saturated carbocycles. The fourth-order valence-corrected chi connectivity index (χ4v) is 20.6. The number of hydrogen-bond donors (Lipinski definition) is 1. The van der Waals surface area contributed by atoms with Gasteiger partial charge in [0, 0.05) is 38.6 Å². The minimum absolute atomic E-state index is 0.0422. The Hall–Kier alpha value is -2.44. The second-order valence-electron chi connectivity index (χ2n) is 31.1. The second-order valence-corrected chi connectivity index (χ2v) is 31.1. The van der Waals surface area contributed by atoms with Crippen LogP contribution >= 0.6 is 0 Å². The van der Waals surface area contributed by atoms with Crippen LogP contribution in [0.5, 0.6) is 0 Å². The molecule has 0 aromatic heterocycles. The standard InChI is InChI=1S/C73H121NO6/c1-50(2)22-20-24-52(5)61-32-34-63-59-30-27-54-48-57(39-43-70(54,7)65(59)41-45-72(61,63)9)79-68(77)37-29-56(75)26-18-16-14-12-11-13-15-17-19-47-74-67(76)36-38-69(78)80-58-40-44-71(8)55(49-58)28-31-60-64-35-33-62(53(6)25-21-23-51(3)4)73(64,10)46-42-66(60)71/h27-28,50-53,57-66H,11-26,29-49H2,1-10H3,(H,74,76). The van der Waals surface area contributed by atoms with Crippen molar-refractivity contribution in [2.45, 2.75) is 313 Å². The van der Waals surface area contributed by atoms with Crippen molar-refractivity contribution in [1.29, 1.82) is 0 Å². The number of Topliss-reactive ketones (excluding diaryl/α,β-unsaturated/α-hetero) is 1. The minimum atomic E-state index is -0.225. The summed E-state index contributed by atoms with van der Waals surface area (Å²) in [7, 11) is 0. The van der Waals surface area contributed by atoms with Gasteiger partial charge in [-0.05, 0) is 195 Å². The van der Waals surface area contributed by atoms with E-state index in [1.165, 1.54) is 122 Å². The fourth-order valence-electron chi connectivity index (χ4n) is 20.6. The van der Waals surface area contributed by atoms with Crippen LogP contribution in [-0.4, -0.2) is 42.4 Å². The number of rotatable bonds is 30. The molecule has 0 bridgehead atoms. The van der Waals surface area contributed by atoms with Crippen LogP contribution in [0.3, 0.4) is 0 Å². The van der Waals surface area contributed by atoms with Crippen LogP contribution in [0.2, 0.25) is 0 Å². The zero-order valence-electron chi connectivity index (χ0n) is 53.4. The van der Waals surface area contributed by atoms with E-state index in [0.29, 0.717) is 30.2 Å². The molecule has 7 heteroatoms. The summed E-state index contributed by atoms with van der Waals surface area (Å²) in [5, 5.41) is 3.04. The molecule has 0 heterocycles. The molecule has 16 unspecified atom stereocenters. The van der Waals surface area contributed by atoms with Crippen molar-refractivity contribution in [2.24, 2.45) is 92.7 Å². The highest BCUT2D eigenvalue weighted by Gasteiger charge is 2.61. The molecule has 0 aromatic carbocycles. The lowest BCUT2D eigenvalue weighted by molar-refractivity contribution is -0.153. The van der Waals surface area contributed by atoms with E-state index in [4.69, 9.17) is 9.47 Å². The first-order valence-electron chi connectivity index (χ1n) is 34.8. The van der Waals surface area contributed by atoms with Crippen molar-refractivity contribution in [3.63, 3.8) is 0 Å². The van der Waals surface area contributed by atoms with Gasteiger partial charge in [0.2, 0.25) is 5.91 Å². The largest absolute Gasteiger partial charge is 0.462 e. The number of fused-ring (bicyclic) bond motifs is 10. The minimum Gasteiger partial charge on any atom is -0.462 e. The van der Waals surface area contributed by atoms with Gasteiger partial charge in [0.15, 0.2) is 0 Å². The number of amides is 1. The summed E-state index contributed by atoms with van der Waals surface area (Å²) in [5.41, 5.74) is 4.58. The van der Waals surface area contributed by atoms with Gasteiger partial charge in [-0.1, -0.05) is 176 Å². The highest BCUT2D eigenvalue weighted by molar-refractivity contribution is 5.83. The molecule has 8 aliphatic carbocycles. The summed E-state index contributed by atoms with van der Waals surface area (Å²) in [5.74, 6) is 9.62. The maximum Gasteiger partial charge on any atom is 0.306 e. The molecular weight excluding hydrogens is 987 g/mol. The maximum absolute atomic E-state index is 13.0. The summed E-state index contributed by atoms with van der Waals surface area (Å²) in [6, 6.07) is 0. The van der Waals surface area contributed by atoms with Crippen molar-refractivity contribution in [1.82, 2.24) is 5.32 Å². The molecule has 16 atom stereocenters. The van der Waals surface area contributed by atoms with Crippen LogP contribution in [0.4, 0.5) is 0 Å². The van der Waals surface area contributed by atoms with Gasteiger partial charge >= 0.3 is 11.9 Å². The van der Waals surface area contributed by atoms with E-state index >= 15 is 0 Å². The lowest BCUT2D eigenvalue weighted by atomic mass is 9.47. The molecule has 7 nitrogen and oxygen atoms in total. The highest BCUT2D eigenvalue weighted by atomic mass is 16.5. The van der Waals surface area contributed by atoms with Gasteiger partial charge in [0.25, 0.3) is 0 Å². The quantitative estimate of drug-likeness (QED) is 0.0437. The molecule has 80 heavy (non-hydrogen) atoms. The summed E-state index contributed by atoms with van der Waals surface area (Å²) >= 11 is 0. The van der Waals surface area contributed by atoms with E-state index < -0.39 is 0 Å². The number of nitrogens with one attached hydrogen (secondary N) is 1. The summed E-state index contributed by atoms with van der Waals surface area (Å²) in [4.78, 5) is 51.4. The van der Waals surface area contributed by atoms with Gasteiger partial charge in [0.05, 0.1) is 12.8 Å². The van der Waals surface area contributed by atoms with Gasteiger partial charge in [-0.25, -0.2) is 0 Å². The summed E-state index contributed by atoms with van der Waals surface area (Å²) in [6.45, 7) is 25.7. The average molecular weight is 1110 g/mol. The van der Waals surface area contributed by atoms with Crippen LogP contribution < -0.4 is 5.32 Å². The Morgan fingerprint density at radius 2 is 0.912 bits per heavy atom. The molecule has 0 saturated heterocycles. The first kappa shape index (κ1) is 63.6. The van der Waals surface area contributed by atoms with Crippen molar-refractivity contribution < 1.29 is 28.7 Å². The summed E-state index contributed by atoms with van der Waals surface area (Å²) in [6.07, 6.45) is 44.1. The van der Waals surface area contributed by atoms with Crippen molar-refractivity contribution in [3.05, 3.63) is 23.3 Å². The molecule has 0 spiro atoms. The van der Waals surface area contributed by atoms with Crippen LogP contribution in [-0.2, 0) is 28.7 Å². The predicted octanol–water partition coefficient (Wildman–Crippen LogP) is 19.0. The molecule has 1 amide bonds. The number of ether oxygens (including phenoxy) is 2. The fraction of sp³-hybridized carbons (Fsp3) is 0.890. The van der Waals surface area contributed by atoms with E-state index in [1.807, 2.05) is 0 Å². The van der Waals surface area contributed by atoms with Crippen LogP contribution in [0.25, 0.3) is 0 Å². The molecule has 0 aromatic rings. The van der Waals surface area contributed by atoms with E-state index in [9.17, 15) is 19.2 Å². The third-order valence-corrected chi connectivity index (χ3v) is 25.2. The second kappa shape index (κ2) is 28.6. The van der Waals surface area contributed by atoms with Gasteiger partial charge in [-0.15, -0.1) is 0 Å². The third-order valence-electron chi connectivity index (χ3n) is 25.2. The first-order chi connectivity index (χ1) is 38.2. The Kier molecular flexibility index (Phi) is 22.8. The molecule has 0 aliphatic heterocycles. The van der Waals surface area contributed by atoms with Gasteiger partial charge < -0.3 is 14.8 Å². The van der Waals surface area contributed by atoms with Gasteiger partial charge in [-0.2, -0.15) is 0 Å². The van der Waals surface area contributed by atoms with Crippen molar-refractivity contribution in [3.8, 4) is 0 Å². The van der Waals surface area contributed by atoms with Crippen LogP contribution in [0.1, 0.15) is 300 Å². The van der Waals surface area contributed by atoms with E-state index in [1.54, 1.807) is 11.1 Å². The lowest BCUT2D eigenvalue weighted by Gasteiger charge is -2.58. The zero-order chi connectivity index (χ0) is 57.2. The monoisotopic (exact) mass is 1110 g/mol. The van der Waals surface area contributed by atoms with Crippen molar-refractivity contribution in [2.75, 3.05) is 6.54 Å². The SMILES string of the molecule is CC(C)CCCC(C)C1CCC2C3CC=C4CC(OC(=O)CCC(=O)CCCCCCCCCCCNC(=O)CCC(=O)OC5CCC6(C)C(=CCC7C6CCC6(C)C(C(C)CCCC(C)C)CCC76)C5)CCC4(C)C3CCC12C. The Bertz CT molecular complexity index is 1960. The number of carbonyl (C=O) groups is 4. The predicted molar refractivity (Wildman–Crippen MR) is 329 cm³/mol. The Labute approximate surface area is 490 Å². The Morgan fingerprint density at radius 3 is 1.38 bits per heavy atom. The number of hydrogen-bond acceptors (Lipinski definition) is 6. The van der Waals surface area contributed by atoms with Gasteiger partial charge in [0.1, 0.15) is 18.0 Å². The third kappa shape index (κ3) is 15.1. The molecule has 1 N–H and O–H groups in total. The normalized spacial score (nSPS) is 36.0. The molecule has 6 fully saturated rings. The van der Waals surface area contributed by atoms with Crippen LogP contribution in [0, 0.1) is 92.7 Å². The van der Waals surface area contributed by atoms with Crippen molar-refractivity contribution >= 4 is 23.6 Å². The maximum atomic E-state index is 13.0. The number of esters is 2. The molecule has 0 radical (unpaired) electrons. The van der Waals surface area contributed by atoms with E-state index in [-0.39, 0.29) is 65.9 Å². The van der Waals surface area contributed by atoms with Gasteiger partial charge in [-0.3, -0.25) is 19.2 Å². The molecular formula is C73H121NO6. The van der Waals surface area contributed by atoms with E-state index in [2.05, 4.69) is 86.7 Å².